The predicted molar refractivity (Wildman–Crippen MR) is 57.2 cm³/mol. The van der Waals surface area contributed by atoms with Crippen LogP contribution in [0.25, 0.3) is 0 Å². The van der Waals surface area contributed by atoms with Gasteiger partial charge in [0.1, 0.15) is 5.60 Å². The summed E-state index contributed by atoms with van der Waals surface area (Å²) in [6.07, 6.45) is -1.80. The molecule has 0 unspecified atom stereocenters. The number of carbonyl (C=O) groups is 2. The second kappa shape index (κ2) is 6.29. The first-order chi connectivity index (χ1) is 7.24. The van der Waals surface area contributed by atoms with Gasteiger partial charge in [0, 0.05) is 6.54 Å². The molecular formula is C9H19N3O4. The van der Waals surface area contributed by atoms with Gasteiger partial charge in [-0.05, 0) is 20.8 Å². The van der Waals surface area contributed by atoms with Crippen molar-refractivity contribution in [2.45, 2.75) is 38.9 Å². The molecule has 0 saturated carbocycles. The second-order valence-electron chi connectivity index (χ2n) is 4.31. The van der Waals surface area contributed by atoms with Gasteiger partial charge >= 0.3 is 6.09 Å². The topological polar surface area (TPSA) is 114 Å². The van der Waals surface area contributed by atoms with Gasteiger partial charge in [0.05, 0.1) is 12.5 Å². The first kappa shape index (κ1) is 14.7. The highest BCUT2D eigenvalue weighted by atomic mass is 16.6. The Kier molecular flexibility index (Phi) is 5.76. The molecule has 0 aliphatic heterocycles. The zero-order valence-electron chi connectivity index (χ0n) is 9.74. The van der Waals surface area contributed by atoms with Crippen LogP contribution in [0.4, 0.5) is 4.79 Å². The van der Waals surface area contributed by atoms with Crippen LogP contribution in [0.2, 0.25) is 0 Å². The molecule has 1 atom stereocenters. The maximum Gasteiger partial charge on any atom is 0.407 e. The molecule has 7 nitrogen and oxygen atoms in total. The molecule has 0 radical (unpaired) electrons. The van der Waals surface area contributed by atoms with E-state index < -0.39 is 23.7 Å². The lowest BCUT2D eigenvalue weighted by atomic mass is 10.2. The van der Waals surface area contributed by atoms with Crippen LogP contribution in [-0.2, 0) is 9.53 Å². The monoisotopic (exact) mass is 233 g/mol. The van der Waals surface area contributed by atoms with Crippen molar-refractivity contribution in [2.75, 3.05) is 6.54 Å². The molecular weight excluding hydrogens is 214 g/mol. The van der Waals surface area contributed by atoms with E-state index in [1.165, 1.54) is 0 Å². The fourth-order valence-corrected chi connectivity index (χ4v) is 0.860. The predicted octanol–water partition coefficient (Wildman–Crippen LogP) is -0.748. The number of amides is 2. The van der Waals surface area contributed by atoms with Crippen molar-refractivity contribution in [1.29, 1.82) is 0 Å². The number of hydrazine groups is 1. The quantitative estimate of drug-likeness (QED) is 0.290. The average Bonchev–Trinajstić information content (AvgIpc) is 2.12. The molecule has 0 bridgehead atoms. The van der Waals surface area contributed by atoms with Gasteiger partial charge < -0.3 is 15.2 Å². The van der Waals surface area contributed by atoms with Crippen LogP contribution < -0.4 is 16.6 Å². The summed E-state index contributed by atoms with van der Waals surface area (Å²) in [5, 5.41) is 11.6. The number of nitrogens with two attached hydrogens (primary N) is 1. The molecule has 0 aliphatic carbocycles. The molecule has 0 rings (SSSR count). The smallest absolute Gasteiger partial charge is 0.407 e. The van der Waals surface area contributed by atoms with E-state index in [9.17, 15) is 14.7 Å². The lowest BCUT2D eigenvalue weighted by Gasteiger charge is -2.20. The summed E-state index contributed by atoms with van der Waals surface area (Å²) in [5.41, 5.74) is 1.29. The molecule has 2 amide bonds. The zero-order chi connectivity index (χ0) is 12.8. The highest BCUT2D eigenvalue weighted by Gasteiger charge is 2.17. The van der Waals surface area contributed by atoms with Crippen LogP contribution in [0, 0.1) is 0 Å². The molecule has 0 aliphatic rings. The Morgan fingerprint density at radius 3 is 2.44 bits per heavy atom. The van der Waals surface area contributed by atoms with Crippen molar-refractivity contribution >= 4 is 12.0 Å². The zero-order valence-corrected chi connectivity index (χ0v) is 9.74. The number of hydrogen-bond donors (Lipinski definition) is 4. The van der Waals surface area contributed by atoms with E-state index in [-0.39, 0.29) is 13.0 Å². The van der Waals surface area contributed by atoms with E-state index in [1.807, 2.05) is 5.43 Å². The van der Waals surface area contributed by atoms with Gasteiger partial charge in [0.25, 0.3) is 0 Å². The fourth-order valence-electron chi connectivity index (χ4n) is 0.860. The summed E-state index contributed by atoms with van der Waals surface area (Å²) >= 11 is 0. The number of ether oxygens (including phenoxy) is 1. The number of rotatable bonds is 4. The highest BCUT2D eigenvalue weighted by Crippen LogP contribution is 2.06. The van der Waals surface area contributed by atoms with Crippen LogP contribution in [0.3, 0.4) is 0 Å². The number of aliphatic hydroxyl groups is 1. The Hall–Kier alpha value is -1.34. The molecule has 94 valence electrons. The van der Waals surface area contributed by atoms with Gasteiger partial charge in [-0.25, -0.2) is 10.6 Å². The first-order valence-corrected chi connectivity index (χ1v) is 4.89. The molecule has 0 aromatic rings. The van der Waals surface area contributed by atoms with Crippen LogP contribution in [0.15, 0.2) is 0 Å². The number of nitrogens with one attached hydrogen (secondary N) is 2. The third kappa shape index (κ3) is 8.01. The van der Waals surface area contributed by atoms with Gasteiger partial charge in [-0.3, -0.25) is 10.2 Å². The summed E-state index contributed by atoms with van der Waals surface area (Å²) in [5.74, 6) is 4.34. The van der Waals surface area contributed by atoms with Gasteiger partial charge in [0.2, 0.25) is 5.91 Å². The first-order valence-electron chi connectivity index (χ1n) is 4.89. The normalized spacial score (nSPS) is 12.8. The van der Waals surface area contributed by atoms with E-state index in [2.05, 4.69) is 5.32 Å². The summed E-state index contributed by atoms with van der Waals surface area (Å²) in [4.78, 5) is 21.9. The Morgan fingerprint density at radius 1 is 1.44 bits per heavy atom. The molecule has 0 saturated heterocycles. The van der Waals surface area contributed by atoms with Gasteiger partial charge in [0.15, 0.2) is 0 Å². The molecule has 0 heterocycles. The fraction of sp³-hybridized carbons (Fsp3) is 0.778. The van der Waals surface area contributed by atoms with Gasteiger partial charge in [-0.15, -0.1) is 0 Å². The number of carbonyl (C=O) groups excluding carboxylic acids is 2. The standard InChI is InChI=1S/C9H19N3O4/c1-9(2,3)16-8(15)11-5-6(13)4-7(14)12-10/h6,13H,4-5,10H2,1-3H3,(H,11,15)(H,12,14)/t6-/m1/s1. The van der Waals surface area contributed by atoms with Crippen molar-refractivity contribution in [2.24, 2.45) is 5.84 Å². The van der Waals surface area contributed by atoms with E-state index in [4.69, 9.17) is 10.6 Å². The Labute approximate surface area is 94.3 Å². The third-order valence-electron chi connectivity index (χ3n) is 1.46. The summed E-state index contributed by atoms with van der Waals surface area (Å²) < 4.78 is 4.93. The second-order valence-corrected chi connectivity index (χ2v) is 4.31. The van der Waals surface area contributed by atoms with E-state index in [0.717, 1.165) is 0 Å². The largest absolute Gasteiger partial charge is 0.444 e. The lowest BCUT2D eigenvalue weighted by Crippen LogP contribution is -2.39. The van der Waals surface area contributed by atoms with Gasteiger partial charge in [-0.1, -0.05) is 0 Å². The van der Waals surface area contributed by atoms with Crippen LogP contribution >= 0.6 is 0 Å². The Balaban J connectivity index is 3.79. The average molecular weight is 233 g/mol. The molecule has 16 heavy (non-hydrogen) atoms. The van der Waals surface area contributed by atoms with Crippen molar-refractivity contribution in [1.82, 2.24) is 10.7 Å². The minimum Gasteiger partial charge on any atom is -0.444 e. The molecule has 0 aromatic carbocycles. The minimum atomic E-state index is -0.990. The highest BCUT2D eigenvalue weighted by molar-refractivity contribution is 5.75. The maximum atomic E-state index is 11.1. The van der Waals surface area contributed by atoms with Crippen molar-refractivity contribution in [3.63, 3.8) is 0 Å². The van der Waals surface area contributed by atoms with Crippen LogP contribution in [0.5, 0.6) is 0 Å². The molecule has 7 heteroatoms. The minimum absolute atomic E-state index is 0.0671. The Bertz CT molecular complexity index is 250. The number of aliphatic hydroxyl groups excluding tert-OH is 1. The molecule has 0 aromatic heterocycles. The maximum absolute atomic E-state index is 11.1. The number of hydrogen-bond acceptors (Lipinski definition) is 5. The summed E-state index contributed by atoms with van der Waals surface area (Å²) in [7, 11) is 0. The van der Waals surface area contributed by atoms with E-state index in [1.54, 1.807) is 20.8 Å². The van der Waals surface area contributed by atoms with Crippen LogP contribution in [-0.4, -0.2) is 35.4 Å². The van der Waals surface area contributed by atoms with Crippen molar-refractivity contribution in [3.05, 3.63) is 0 Å². The lowest BCUT2D eigenvalue weighted by molar-refractivity contribution is -0.123. The molecule has 0 fully saturated rings. The Morgan fingerprint density at radius 2 is 2.00 bits per heavy atom. The summed E-state index contributed by atoms with van der Waals surface area (Å²) in [6, 6.07) is 0. The van der Waals surface area contributed by atoms with Crippen LogP contribution in [0.1, 0.15) is 27.2 Å². The SMILES string of the molecule is CC(C)(C)OC(=O)NC[C@H](O)CC(=O)NN. The molecule has 5 N–H and O–H groups in total. The molecule has 0 spiro atoms. The van der Waals surface area contributed by atoms with Crippen molar-refractivity contribution < 1.29 is 19.4 Å². The number of alkyl carbamates (subject to hydrolysis) is 1. The van der Waals surface area contributed by atoms with E-state index in [0.29, 0.717) is 0 Å². The van der Waals surface area contributed by atoms with Crippen molar-refractivity contribution in [3.8, 4) is 0 Å². The van der Waals surface area contributed by atoms with Gasteiger partial charge in [-0.2, -0.15) is 0 Å². The van der Waals surface area contributed by atoms with E-state index >= 15 is 0 Å². The summed E-state index contributed by atoms with van der Waals surface area (Å²) in [6.45, 7) is 5.11. The third-order valence-corrected chi connectivity index (χ3v) is 1.46.